The van der Waals surface area contributed by atoms with Crippen LogP contribution in [0, 0.1) is 5.92 Å². The number of amides is 2. The molecule has 0 fully saturated rings. The lowest BCUT2D eigenvalue weighted by Crippen LogP contribution is -2.44. The first-order valence-electron chi connectivity index (χ1n) is 7.70. The lowest BCUT2D eigenvalue weighted by molar-refractivity contribution is -0.145. The van der Waals surface area contributed by atoms with E-state index in [9.17, 15) is 14.4 Å². The summed E-state index contributed by atoms with van der Waals surface area (Å²) in [6, 6.07) is 6.08. The Morgan fingerprint density at radius 2 is 1.83 bits per heavy atom. The molecule has 2 amide bonds. The zero-order chi connectivity index (χ0) is 18.1. The van der Waals surface area contributed by atoms with Gasteiger partial charge in [0, 0.05) is 6.92 Å². The number of methoxy groups -OCH3 is 1. The maximum atomic E-state index is 12.0. The highest BCUT2D eigenvalue weighted by Gasteiger charge is 2.22. The SMILES string of the molecule is COC(=O)[C@@H](CC(C)C)NC(=O)COc1ccccc1NC(C)=O. The zero-order valence-electron chi connectivity index (χ0n) is 14.4. The molecule has 0 aliphatic heterocycles. The molecule has 0 unspecified atom stereocenters. The molecular formula is C17H24N2O5. The summed E-state index contributed by atoms with van der Waals surface area (Å²) in [6.07, 6.45) is 0.473. The number of carbonyl (C=O) groups is 3. The van der Waals surface area contributed by atoms with E-state index in [0.717, 1.165) is 0 Å². The number of benzene rings is 1. The molecule has 24 heavy (non-hydrogen) atoms. The van der Waals surface area contributed by atoms with E-state index in [-0.39, 0.29) is 18.4 Å². The van der Waals surface area contributed by atoms with Crippen molar-refractivity contribution in [3.8, 4) is 5.75 Å². The summed E-state index contributed by atoms with van der Waals surface area (Å²) in [5.41, 5.74) is 0.476. The fourth-order valence-electron chi connectivity index (χ4n) is 2.09. The number of para-hydroxylation sites is 2. The van der Waals surface area contributed by atoms with Crippen LogP contribution in [0.25, 0.3) is 0 Å². The van der Waals surface area contributed by atoms with E-state index in [2.05, 4.69) is 10.6 Å². The van der Waals surface area contributed by atoms with Gasteiger partial charge in [0.15, 0.2) is 6.61 Å². The average molecular weight is 336 g/mol. The summed E-state index contributed by atoms with van der Waals surface area (Å²) in [5.74, 6) is -0.574. The number of nitrogens with one attached hydrogen (secondary N) is 2. The molecule has 0 radical (unpaired) electrons. The van der Waals surface area contributed by atoms with Gasteiger partial charge in [-0.05, 0) is 24.5 Å². The van der Waals surface area contributed by atoms with Crippen LogP contribution in [0.5, 0.6) is 5.75 Å². The fourth-order valence-corrected chi connectivity index (χ4v) is 2.09. The summed E-state index contributed by atoms with van der Waals surface area (Å²) in [4.78, 5) is 34.9. The lowest BCUT2D eigenvalue weighted by atomic mass is 10.0. The van der Waals surface area contributed by atoms with Gasteiger partial charge < -0.3 is 20.1 Å². The van der Waals surface area contributed by atoms with Crippen molar-refractivity contribution in [1.29, 1.82) is 0 Å². The first kappa shape index (κ1) is 19.5. The minimum Gasteiger partial charge on any atom is -0.482 e. The molecule has 7 heteroatoms. The van der Waals surface area contributed by atoms with Gasteiger partial charge in [-0.1, -0.05) is 26.0 Å². The molecule has 0 saturated carbocycles. The summed E-state index contributed by atoms with van der Waals surface area (Å²) in [7, 11) is 1.28. The molecule has 0 aromatic heterocycles. The number of hydrogen-bond donors (Lipinski definition) is 2. The quantitative estimate of drug-likeness (QED) is 0.705. The summed E-state index contributed by atoms with van der Waals surface area (Å²) in [5, 5.41) is 5.23. The Labute approximate surface area is 141 Å². The molecule has 0 aliphatic carbocycles. The Morgan fingerprint density at radius 1 is 1.17 bits per heavy atom. The van der Waals surface area contributed by atoms with Gasteiger partial charge in [-0.15, -0.1) is 0 Å². The maximum Gasteiger partial charge on any atom is 0.328 e. The molecule has 2 N–H and O–H groups in total. The Balaban J connectivity index is 2.65. The first-order chi connectivity index (χ1) is 11.3. The molecule has 0 aliphatic rings. The van der Waals surface area contributed by atoms with Gasteiger partial charge in [0.2, 0.25) is 5.91 Å². The highest BCUT2D eigenvalue weighted by atomic mass is 16.5. The number of ether oxygens (including phenoxy) is 2. The number of carbonyl (C=O) groups excluding carboxylic acids is 3. The monoisotopic (exact) mass is 336 g/mol. The normalized spacial score (nSPS) is 11.5. The van der Waals surface area contributed by atoms with Crippen molar-refractivity contribution in [2.45, 2.75) is 33.2 Å². The summed E-state index contributed by atoms with van der Waals surface area (Å²) in [6.45, 7) is 5.00. The van der Waals surface area contributed by atoms with Gasteiger partial charge in [0.25, 0.3) is 5.91 Å². The van der Waals surface area contributed by atoms with Gasteiger partial charge >= 0.3 is 5.97 Å². The van der Waals surface area contributed by atoms with Crippen molar-refractivity contribution in [2.24, 2.45) is 5.92 Å². The third kappa shape index (κ3) is 6.68. The van der Waals surface area contributed by atoms with Crippen LogP contribution in [-0.2, 0) is 19.1 Å². The van der Waals surface area contributed by atoms with E-state index in [1.807, 2.05) is 13.8 Å². The van der Waals surface area contributed by atoms with Crippen LogP contribution in [0.1, 0.15) is 27.2 Å². The second-order valence-electron chi connectivity index (χ2n) is 5.74. The Hall–Kier alpha value is -2.57. The molecule has 132 valence electrons. The molecule has 1 aromatic rings. The summed E-state index contributed by atoms with van der Waals surface area (Å²) < 4.78 is 10.1. The predicted molar refractivity (Wildman–Crippen MR) is 89.6 cm³/mol. The zero-order valence-corrected chi connectivity index (χ0v) is 14.4. The van der Waals surface area contributed by atoms with E-state index in [1.54, 1.807) is 24.3 Å². The number of rotatable bonds is 8. The molecular weight excluding hydrogens is 312 g/mol. The van der Waals surface area contributed by atoms with Crippen molar-refractivity contribution < 1.29 is 23.9 Å². The van der Waals surface area contributed by atoms with Gasteiger partial charge in [-0.3, -0.25) is 9.59 Å². The van der Waals surface area contributed by atoms with E-state index < -0.39 is 17.9 Å². The Bertz CT molecular complexity index is 586. The molecule has 1 rings (SSSR count). The van der Waals surface area contributed by atoms with Gasteiger partial charge in [-0.25, -0.2) is 4.79 Å². The molecule has 1 aromatic carbocycles. The molecule has 0 saturated heterocycles. The standard InChI is InChI=1S/C17H24N2O5/c1-11(2)9-14(17(22)23-4)19-16(21)10-24-15-8-6-5-7-13(15)18-12(3)20/h5-8,11,14H,9-10H2,1-4H3,(H,18,20)(H,19,21)/t14-/m1/s1. The van der Waals surface area contributed by atoms with Crippen LogP contribution in [0.4, 0.5) is 5.69 Å². The third-order valence-corrected chi connectivity index (χ3v) is 3.08. The van der Waals surface area contributed by atoms with Crippen LogP contribution < -0.4 is 15.4 Å². The van der Waals surface area contributed by atoms with Gasteiger partial charge in [0.05, 0.1) is 12.8 Å². The van der Waals surface area contributed by atoms with E-state index in [0.29, 0.717) is 17.9 Å². The van der Waals surface area contributed by atoms with Crippen molar-refractivity contribution >= 4 is 23.5 Å². The number of anilines is 1. The molecule has 0 spiro atoms. The topological polar surface area (TPSA) is 93.7 Å². The van der Waals surface area contributed by atoms with Crippen LogP contribution in [0.3, 0.4) is 0 Å². The minimum absolute atomic E-state index is 0.218. The lowest BCUT2D eigenvalue weighted by Gasteiger charge is -2.18. The molecule has 7 nitrogen and oxygen atoms in total. The van der Waals surface area contributed by atoms with Crippen LogP contribution in [-0.4, -0.2) is 37.5 Å². The van der Waals surface area contributed by atoms with Gasteiger partial charge in [-0.2, -0.15) is 0 Å². The number of hydrogen-bond acceptors (Lipinski definition) is 5. The minimum atomic E-state index is -0.711. The van der Waals surface area contributed by atoms with E-state index in [1.165, 1.54) is 14.0 Å². The van der Waals surface area contributed by atoms with Crippen LogP contribution in [0.15, 0.2) is 24.3 Å². The van der Waals surface area contributed by atoms with Crippen molar-refractivity contribution in [3.63, 3.8) is 0 Å². The van der Waals surface area contributed by atoms with Crippen molar-refractivity contribution in [3.05, 3.63) is 24.3 Å². The van der Waals surface area contributed by atoms with Crippen molar-refractivity contribution in [1.82, 2.24) is 5.32 Å². The largest absolute Gasteiger partial charge is 0.482 e. The molecule has 1 atom stereocenters. The average Bonchev–Trinajstić information content (AvgIpc) is 2.51. The Morgan fingerprint density at radius 3 is 2.42 bits per heavy atom. The first-order valence-corrected chi connectivity index (χ1v) is 7.70. The van der Waals surface area contributed by atoms with Crippen molar-refractivity contribution in [2.75, 3.05) is 19.0 Å². The predicted octanol–water partition coefficient (Wildman–Crippen LogP) is 1.73. The highest BCUT2D eigenvalue weighted by molar-refractivity contribution is 5.90. The van der Waals surface area contributed by atoms with Crippen LogP contribution >= 0.6 is 0 Å². The molecule has 0 bridgehead atoms. The second-order valence-corrected chi connectivity index (χ2v) is 5.74. The molecule has 0 heterocycles. The van der Waals surface area contributed by atoms with Gasteiger partial charge in [0.1, 0.15) is 11.8 Å². The number of esters is 1. The Kier molecular flexibility index (Phi) is 7.74. The highest BCUT2D eigenvalue weighted by Crippen LogP contribution is 2.23. The van der Waals surface area contributed by atoms with Crippen LogP contribution in [0.2, 0.25) is 0 Å². The smallest absolute Gasteiger partial charge is 0.328 e. The summed E-state index contributed by atoms with van der Waals surface area (Å²) >= 11 is 0. The van der Waals surface area contributed by atoms with E-state index >= 15 is 0 Å². The fraction of sp³-hybridized carbons (Fsp3) is 0.471. The maximum absolute atomic E-state index is 12.0. The van der Waals surface area contributed by atoms with E-state index in [4.69, 9.17) is 9.47 Å². The second kappa shape index (κ2) is 9.54. The third-order valence-electron chi connectivity index (χ3n) is 3.08.